The number of carbonyl (C=O) groups is 5. The Hall–Kier alpha value is -8.67. The predicted octanol–water partition coefficient (Wildman–Crippen LogP) is 6.56. The zero-order valence-corrected chi connectivity index (χ0v) is 35.6. The second kappa shape index (κ2) is 17.7. The molecule has 0 bridgehead atoms. The molecule has 10 rings (SSSR count). The zero-order valence-electron chi connectivity index (χ0n) is 35.6. The number of methoxy groups -OCH3 is 1. The number of hydrogen-bond donors (Lipinski definition) is 4. The molecule has 2 fully saturated rings. The minimum atomic E-state index is -1.01. The fourth-order valence-electron chi connectivity index (χ4n) is 7.85. The summed E-state index contributed by atoms with van der Waals surface area (Å²) in [6.07, 6.45) is 12.2. The van der Waals surface area contributed by atoms with E-state index in [2.05, 4.69) is 40.9 Å². The summed E-state index contributed by atoms with van der Waals surface area (Å²) in [5, 5.41) is 27.9. The molecular weight excluding hydrogens is 865 g/mol. The van der Waals surface area contributed by atoms with Gasteiger partial charge in [0.15, 0.2) is 0 Å². The van der Waals surface area contributed by atoms with Crippen molar-refractivity contribution in [2.24, 2.45) is 0 Å². The van der Waals surface area contributed by atoms with Gasteiger partial charge in [-0.3, -0.25) is 29.1 Å². The van der Waals surface area contributed by atoms with Gasteiger partial charge in [0.25, 0.3) is 17.7 Å². The highest BCUT2D eigenvalue weighted by Gasteiger charge is 2.47. The Balaban J connectivity index is 0.000000170. The summed E-state index contributed by atoms with van der Waals surface area (Å²) in [4.78, 5) is 70.0. The van der Waals surface area contributed by atoms with E-state index in [9.17, 15) is 37.9 Å². The van der Waals surface area contributed by atoms with Crippen LogP contribution in [-0.4, -0.2) is 78.0 Å². The van der Waals surface area contributed by atoms with Gasteiger partial charge in [-0.2, -0.15) is 10.2 Å². The molecule has 4 aromatic heterocycles. The minimum absolute atomic E-state index is 0.183. The Kier molecular flexibility index (Phi) is 11.5. The zero-order chi connectivity index (χ0) is 46.9. The smallest absolute Gasteiger partial charge is 0.335 e. The third-order valence-electron chi connectivity index (χ3n) is 11.8. The second-order valence-electron chi connectivity index (χ2n) is 16.1. The fourth-order valence-corrected chi connectivity index (χ4v) is 7.85. The first-order chi connectivity index (χ1) is 32.4. The maximum Gasteiger partial charge on any atom is 0.335 e. The van der Waals surface area contributed by atoms with Gasteiger partial charge in [-0.05, 0) is 110 Å². The Bertz CT molecular complexity index is 3240. The Morgan fingerprint density at radius 2 is 1.06 bits per heavy atom. The lowest BCUT2D eigenvalue weighted by atomic mass is 10.0. The van der Waals surface area contributed by atoms with E-state index in [-0.39, 0.29) is 35.6 Å². The van der Waals surface area contributed by atoms with Crippen molar-refractivity contribution >= 4 is 51.5 Å². The molecule has 336 valence electrons. The van der Waals surface area contributed by atoms with Gasteiger partial charge in [0.2, 0.25) is 0 Å². The highest BCUT2D eigenvalue weighted by Crippen LogP contribution is 2.47. The lowest BCUT2D eigenvalue weighted by Gasteiger charge is -2.19. The predicted molar refractivity (Wildman–Crippen MR) is 239 cm³/mol. The van der Waals surface area contributed by atoms with Gasteiger partial charge in [0.1, 0.15) is 18.2 Å². The molecule has 4 heterocycles. The van der Waals surface area contributed by atoms with Gasteiger partial charge in [-0.15, -0.1) is 0 Å². The summed E-state index contributed by atoms with van der Waals surface area (Å²) in [6.45, 7) is -0.232. The van der Waals surface area contributed by atoms with Crippen LogP contribution in [0.4, 0.5) is 8.78 Å². The number of aromatic carboxylic acids is 1. The first-order valence-electron chi connectivity index (χ1n) is 21.0. The van der Waals surface area contributed by atoms with Crippen LogP contribution < -0.4 is 16.0 Å². The summed E-state index contributed by atoms with van der Waals surface area (Å²) in [6, 6.07) is 25.3. The molecular formula is C49H39F2N9O7. The van der Waals surface area contributed by atoms with Crippen LogP contribution in [-0.2, 0) is 20.6 Å². The number of fused-ring (bicyclic) bond motifs is 2. The molecule has 4 N–H and O–H groups in total. The van der Waals surface area contributed by atoms with E-state index >= 15 is 0 Å². The van der Waals surface area contributed by atoms with E-state index in [0.717, 1.165) is 24.0 Å². The number of esters is 1. The maximum atomic E-state index is 13.3. The Labute approximate surface area is 379 Å². The number of halogens is 2. The summed E-state index contributed by atoms with van der Waals surface area (Å²) in [5.74, 6) is -3.29. The third-order valence-corrected chi connectivity index (χ3v) is 11.8. The summed E-state index contributed by atoms with van der Waals surface area (Å²) >= 11 is 0. The van der Waals surface area contributed by atoms with Gasteiger partial charge in [0, 0.05) is 28.7 Å². The molecule has 0 aliphatic heterocycles. The van der Waals surface area contributed by atoms with Crippen molar-refractivity contribution in [1.29, 1.82) is 0 Å². The highest BCUT2D eigenvalue weighted by atomic mass is 19.1. The van der Waals surface area contributed by atoms with E-state index < -0.39 is 28.9 Å². The van der Waals surface area contributed by atoms with E-state index in [1.807, 2.05) is 12.1 Å². The van der Waals surface area contributed by atoms with Crippen molar-refractivity contribution in [3.63, 3.8) is 0 Å². The standard InChI is InChI=1S/C26H22FN5O4.C23H17FN4O3/c1-36-23(33)15-29-24(34)16-3-2-4-17(11-16)26(9-10-26)31-25(35)21-12-28-14-22-20(21)13-30-32(22)19-7-5-18(27)6-8-19;24-16-4-6-17(7-5-16)28-20-13-25-11-19(18(20)12-26-28)21(29)27-23(8-9-23)15-3-1-2-14(10-15)22(30)31/h2-8,11-14H,9-10,15H2,1H3,(H,29,34)(H,31,35);1-7,10-13H,8-9H2,(H,27,29)(H,30,31). The number of pyridine rings is 2. The van der Waals surface area contributed by atoms with Crippen molar-refractivity contribution in [3.8, 4) is 11.4 Å². The largest absolute Gasteiger partial charge is 0.478 e. The van der Waals surface area contributed by atoms with E-state index in [1.165, 1.54) is 49.8 Å². The normalized spacial score (nSPS) is 14.0. The van der Waals surface area contributed by atoms with Crippen molar-refractivity contribution < 1.29 is 42.6 Å². The molecule has 67 heavy (non-hydrogen) atoms. The lowest BCUT2D eigenvalue weighted by molar-refractivity contribution is -0.139. The molecule has 18 heteroatoms. The van der Waals surface area contributed by atoms with Gasteiger partial charge >= 0.3 is 11.9 Å². The Morgan fingerprint density at radius 1 is 0.612 bits per heavy atom. The van der Waals surface area contributed by atoms with Crippen LogP contribution in [0.1, 0.15) is 78.2 Å². The summed E-state index contributed by atoms with van der Waals surface area (Å²) < 4.78 is 34.3. The number of benzene rings is 4. The van der Waals surface area contributed by atoms with Gasteiger partial charge in [0.05, 0.1) is 82.1 Å². The average molecular weight is 904 g/mol. The van der Waals surface area contributed by atoms with Gasteiger partial charge in [-0.1, -0.05) is 24.3 Å². The summed E-state index contributed by atoms with van der Waals surface area (Å²) in [5.41, 5.74) is 4.19. The van der Waals surface area contributed by atoms with Crippen LogP contribution in [0.2, 0.25) is 0 Å². The number of amides is 3. The van der Waals surface area contributed by atoms with E-state index in [1.54, 1.807) is 88.7 Å². The van der Waals surface area contributed by atoms with Crippen LogP contribution in [0, 0.1) is 11.6 Å². The van der Waals surface area contributed by atoms with Crippen LogP contribution >= 0.6 is 0 Å². The number of carboxylic acid groups (broad SMARTS) is 1. The Morgan fingerprint density at radius 3 is 1.49 bits per heavy atom. The molecule has 0 spiro atoms. The topological polar surface area (TPSA) is 212 Å². The van der Waals surface area contributed by atoms with Crippen molar-refractivity contribution in [2.45, 2.75) is 36.8 Å². The third kappa shape index (κ3) is 8.91. The van der Waals surface area contributed by atoms with Crippen LogP contribution in [0.25, 0.3) is 33.2 Å². The molecule has 2 aliphatic rings. The van der Waals surface area contributed by atoms with Gasteiger partial charge in [-0.25, -0.2) is 22.9 Å². The molecule has 2 aliphatic carbocycles. The molecule has 0 radical (unpaired) electrons. The van der Waals surface area contributed by atoms with Crippen molar-refractivity contribution in [3.05, 3.63) is 179 Å². The van der Waals surface area contributed by atoms with Crippen LogP contribution in [0.3, 0.4) is 0 Å². The number of aromatic nitrogens is 6. The van der Waals surface area contributed by atoms with Crippen LogP contribution in [0.5, 0.6) is 0 Å². The van der Waals surface area contributed by atoms with E-state index in [4.69, 9.17) is 0 Å². The second-order valence-corrected chi connectivity index (χ2v) is 16.1. The van der Waals surface area contributed by atoms with Gasteiger partial charge < -0.3 is 25.8 Å². The van der Waals surface area contributed by atoms with Crippen LogP contribution in [0.15, 0.2) is 134 Å². The number of carbonyl (C=O) groups excluding carboxylic acids is 4. The maximum absolute atomic E-state index is 13.3. The molecule has 4 aromatic carbocycles. The average Bonchev–Trinajstić information content (AvgIpc) is 4.22. The monoisotopic (exact) mass is 903 g/mol. The van der Waals surface area contributed by atoms with E-state index in [0.29, 0.717) is 62.7 Å². The molecule has 8 aromatic rings. The quantitative estimate of drug-likeness (QED) is 0.0965. The number of nitrogens with one attached hydrogen (secondary N) is 3. The lowest BCUT2D eigenvalue weighted by Crippen LogP contribution is -2.35. The number of carboxylic acids is 1. The number of rotatable bonds is 12. The molecule has 0 atom stereocenters. The minimum Gasteiger partial charge on any atom is -0.478 e. The SMILES string of the molecule is COC(=O)CNC(=O)c1cccc(C2(NC(=O)c3cncc4c3cnn4-c3ccc(F)cc3)CC2)c1.O=C(O)c1cccc(C2(NC(=O)c3cncc4c3cnn4-c3ccc(F)cc3)CC2)c1. The number of ether oxygens (including phenoxy) is 1. The molecule has 0 unspecified atom stereocenters. The summed E-state index contributed by atoms with van der Waals surface area (Å²) in [7, 11) is 1.25. The molecule has 0 saturated heterocycles. The number of hydrogen-bond acceptors (Lipinski definition) is 10. The van der Waals surface area contributed by atoms with Crippen molar-refractivity contribution in [1.82, 2.24) is 45.5 Å². The number of nitrogens with zero attached hydrogens (tertiary/aromatic N) is 6. The molecule has 16 nitrogen and oxygen atoms in total. The fraction of sp³-hybridized carbons (Fsp3) is 0.163. The molecule has 3 amide bonds. The molecule has 2 saturated carbocycles. The van der Waals surface area contributed by atoms with Crippen molar-refractivity contribution in [2.75, 3.05) is 13.7 Å². The highest BCUT2D eigenvalue weighted by molar-refractivity contribution is 6.07. The first kappa shape index (κ1) is 43.6. The first-order valence-corrected chi connectivity index (χ1v) is 21.0.